The second-order valence-corrected chi connectivity index (χ2v) is 4.97. The molecule has 20 heavy (non-hydrogen) atoms. The number of benzene rings is 1. The van der Waals surface area contributed by atoms with Gasteiger partial charge in [0.25, 0.3) is 6.43 Å². The third kappa shape index (κ3) is 3.69. The van der Waals surface area contributed by atoms with Gasteiger partial charge in [-0.2, -0.15) is 0 Å². The fourth-order valence-electron chi connectivity index (χ4n) is 2.18. The fraction of sp³-hybridized carbons (Fsp3) is 0.429. The number of fused-ring (bicyclic) bond motifs is 1. The zero-order valence-corrected chi connectivity index (χ0v) is 12.0. The van der Waals surface area contributed by atoms with Gasteiger partial charge in [0.1, 0.15) is 0 Å². The van der Waals surface area contributed by atoms with Crippen LogP contribution in [-0.4, -0.2) is 31.3 Å². The fourth-order valence-corrected chi connectivity index (χ4v) is 2.35. The van der Waals surface area contributed by atoms with Crippen LogP contribution in [0.2, 0.25) is 5.02 Å². The van der Waals surface area contributed by atoms with Crippen molar-refractivity contribution in [3.05, 3.63) is 35.0 Å². The number of nitrogens with one attached hydrogen (secondary N) is 1. The summed E-state index contributed by atoms with van der Waals surface area (Å²) >= 11 is 5.95. The number of alkyl halides is 2. The molecule has 0 aliphatic heterocycles. The Bertz CT molecular complexity index is 572. The smallest absolute Gasteiger partial charge is 0.256 e. The van der Waals surface area contributed by atoms with Crippen LogP contribution in [0.3, 0.4) is 0 Å². The first-order valence-electron chi connectivity index (χ1n) is 6.37. The van der Waals surface area contributed by atoms with Crippen LogP contribution in [-0.2, 0) is 17.8 Å². The van der Waals surface area contributed by atoms with E-state index in [0.29, 0.717) is 24.7 Å². The average Bonchev–Trinajstić information content (AvgIpc) is 2.72. The maximum Gasteiger partial charge on any atom is 0.256 e. The molecule has 0 aliphatic carbocycles. The number of hydrogen-bond acceptors (Lipinski definition) is 2. The molecule has 3 nitrogen and oxygen atoms in total. The minimum absolute atomic E-state index is 0.324. The van der Waals surface area contributed by atoms with Crippen LogP contribution in [0.4, 0.5) is 8.78 Å². The SMILES string of the molecule is COCCNCc1cn(CC(F)F)c2cc(Cl)ccc12. The highest BCUT2D eigenvalue weighted by molar-refractivity contribution is 6.31. The number of nitrogens with zero attached hydrogens (tertiary/aromatic N) is 1. The molecule has 1 aromatic heterocycles. The van der Waals surface area contributed by atoms with Gasteiger partial charge in [-0.15, -0.1) is 0 Å². The number of rotatable bonds is 7. The Kier molecular flexibility index (Phi) is 5.34. The number of methoxy groups -OCH3 is 1. The quantitative estimate of drug-likeness (QED) is 0.794. The van der Waals surface area contributed by atoms with Gasteiger partial charge in [-0.3, -0.25) is 0 Å². The van der Waals surface area contributed by atoms with E-state index in [1.165, 1.54) is 0 Å². The standard InChI is InChI=1S/C14H17ClF2N2O/c1-20-5-4-18-7-10-8-19(9-14(16)17)13-6-11(15)2-3-12(10)13/h2-3,6,8,14,18H,4-5,7,9H2,1H3. The maximum atomic E-state index is 12.6. The van der Waals surface area contributed by atoms with Crippen LogP contribution >= 0.6 is 11.6 Å². The number of ether oxygens (including phenoxy) is 1. The molecule has 0 fully saturated rings. The van der Waals surface area contributed by atoms with E-state index in [2.05, 4.69) is 5.32 Å². The second kappa shape index (κ2) is 7.02. The molecule has 0 spiro atoms. The van der Waals surface area contributed by atoms with Crippen molar-refractivity contribution in [1.82, 2.24) is 9.88 Å². The molecule has 110 valence electrons. The Morgan fingerprint density at radius 3 is 2.90 bits per heavy atom. The van der Waals surface area contributed by atoms with Gasteiger partial charge < -0.3 is 14.6 Å². The third-order valence-electron chi connectivity index (χ3n) is 3.06. The molecule has 1 aromatic carbocycles. The van der Waals surface area contributed by atoms with E-state index in [1.54, 1.807) is 30.0 Å². The molecule has 0 amide bonds. The van der Waals surface area contributed by atoms with Crippen molar-refractivity contribution in [3.8, 4) is 0 Å². The molecule has 0 unspecified atom stereocenters. The number of aromatic nitrogens is 1. The summed E-state index contributed by atoms with van der Waals surface area (Å²) in [6, 6.07) is 5.36. The summed E-state index contributed by atoms with van der Waals surface area (Å²) in [5.41, 5.74) is 1.72. The molecular weight excluding hydrogens is 286 g/mol. The van der Waals surface area contributed by atoms with Gasteiger partial charge in [-0.1, -0.05) is 17.7 Å². The monoisotopic (exact) mass is 302 g/mol. The Balaban J connectivity index is 2.25. The van der Waals surface area contributed by atoms with Crippen molar-refractivity contribution >= 4 is 22.5 Å². The summed E-state index contributed by atoms with van der Waals surface area (Å²) in [7, 11) is 1.64. The molecule has 1 N–H and O–H groups in total. The van der Waals surface area contributed by atoms with E-state index >= 15 is 0 Å². The number of hydrogen-bond donors (Lipinski definition) is 1. The summed E-state index contributed by atoms with van der Waals surface area (Å²) in [4.78, 5) is 0. The minimum atomic E-state index is -2.39. The van der Waals surface area contributed by atoms with Crippen LogP contribution in [0, 0.1) is 0 Å². The predicted molar refractivity (Wildman–Crippen MR) is 76.5 cm³/mol. The highest BCUT2D eigenvalue weighted by atomic mass is 35.5. The first-order valence-corrected chi connectivity index (χ1v) is 6.74. The van der Waals surface area contributed by atoms with Gasteiger partial charge in [0.2, 0.25) is 0 Å². The van der Waals surface area contributed by atoms with Crippen LogP contribution in [0.5, 0.6) is 0 Å². The molecule has 0 aliphatic rings. The lowest BCUT2D eigenvalue weighted by molar-refractivity contribution is 0.128. The highest BCUT2D eigenvalue weighted by Gasteiger charge is 2.12. The lowest BCUT2D eigenvalue weighted by atomic mass is 10.2. The van der Waals surface area contributed by atoms with Crippen molar-refractivity contribution in [2.75, 3.05) is 20.3 Å². The molecule has 6 heteroatoms. The molecule has 2 aromatic rings. The minimum Gasteiger partial charge on any atom is -0.383 e. The van der Waals surface area contributed by atoms with Gasteiger partial charge in [0.05, 0.1) is 18.7 Å². The van der Waals surface area contributed by atoms with Crippen LogP contribution in [0.1, 0.15) is 5.56 Å². The molecule has 0 radical (unpaired) electrons. The van der Waals surface area contributed by atoms with E-state index in [0.717, 1.165) is 16.5 Å². The van der Waals surface area contributed by atoms with Crippen molar-refractivity contribution in [2.45, 2.75) is 19.5 Å². The van der Waals surface area contributed by atoms with Crippen molar-refractivity contribution in [2.24, 2.45) is 0 Å². The molecule has 0 bridgehead atoms. The zero-order chi connectivity index (χ0) is 14.5. The zero-order valence-electron chi connectivity index (χ0n) is 11.2. The largest absolute Gasteiger partial charge is 0.383 e. The molecule has 0 saturated carbocycles. The van der Waals surface area contributed by atoms with Crippen molar-refractivity contribution in [1.29, 1.82) is 0 Å². The summed E-state index contributed by atoms with van der Waals surface area (Å²) < 4.78 is 31.8. The van der Waals surface area contributed by atoms with Gasteiger partial charge in [0.15, 0.2) is 0 Å². The summed E-state index contributed by atoms with van der Waals surface area (Å²) in [5, 5.41) is 4.71. The van der Waals surface area contributed by atoms with Crippen LogP contribution in [0.15, 0.2) is 24.4 Å². The van der Waals surface area contributed by atoms with Crippen LogP contribution < -0.4 is 5.32 Å². The first kappa shape index (κ1) is 15.2. The summed E-state index contributed by atoms with van der Waals surface area (Å²) in [5.74, 6) is 0. The molecule has 0 saturated heterocycles. The van der Waals surface area contributed by atoms with Crippen molar-refractivity contribution in [3.63, 3.8) is 0 Å². The molecule has 1 heterocycles. The lowest BCUT2D eigenvalue weighted by Crippen LogP contribution is -2.18. The highest BCUT2D eigenvalue weighted by Crippen LogP contribution is 2.25. The maximum absolute atomic E-state index is 12.6. The van der Waals surface area contributed by atoms with E-state index in [4.69, 9.17) is 16.3 Å². The molecular formula is C14H17ClF2N2O. The Labute approximate surface area is 121 Å². The van der Waals surface area contributed by atoms with E-state index in [-0.39, 0.29) is 6.54 Å². The summed E-state index contributed by atoms with van der Waals surface area (Å²) in [6.45, 7) is 1.61. The van der Waals surface area contributed by atoms with E-state index in [1.807, 2.05) is 6.07 Å². The Morgan fingerprint density at radius 2 is 2.20 bits per heavy atom. The van der Waals surface area contributed by atoms with Gasteiger partial charge in [-0.25, -0.2) is 8.78 Å². The van der Waals surface area contributed by atoms with E-state index < -0.39 is 6.43 Å². The molecule has 0 atom stereocenters. The van der Waals surface area contributed by atoms with Crippen LogP contribution in [0.25, 0.3) is 10.9 Å². The van der Waals surface area contributed by atoms with Gasteiger partial charge in [-0.05, 0) is 17.7 Å². The summed E-state index contributed by atoms with van der Waals surface area (Å²) in [6.07, 6.45) is -0.633. The molecule has 2 rings (SSSR count). The van der Waals surface area contributed by atoms with Gasteiger partial charge in [0, 0.05) is 36.8 Å². The van der Waals surface area contributed by atoms with E-state index in [9.17, 15) is 8.78 Å². The van der Waals surface area contributed by atoms with Crippen molar-refractivity contribution < 1.29 is 13.5 Å². The second-order valence-electron chi connectivity index (χ2n) is 4.53. The Morgan fingerprint density at radius 1 is 1.40 bits per heavy atom. The number of halogens is 3. The third-order valence-corrected chi connectivity index (χ3v) is 3.30. The topological polar surface area (TPSA) is 26.2 Å². The Hall–Kier alpha value is -1.17. The average molecular weight is 303 g/mol. The predicted octanol–water partition coefficient (Wildman–Crippen LogP) is 3.30. The van der Waals surface area contributed by atoms with Gasteiger partial charge >= 0.3 is 0 Å². The first-order chi connectivity index (χ1) is 9.61. The lowest BCUT2D eigenvalue weighted by Gasteiger charge is -2.03. The normalized spacial score (nSPS) is 11.7.